The first-order chi connectivity index (χ1) is 8.83. The molecule has 2 nitrogen and oxygen atoms in total. The summed E-state index contributed by atoms with van der Waals surface area (Å²) in [6.45, 7) is 1.90. The van der Waals surface area contributed by atoms with Crippen LogP contribution in [0.4, 0.5) is 0 Å². The van der Waals surface area contributed by atoms with Gasteiger partial charge in [0.2, 0.25) is 0 Å². The van der Waals surface area contributed by atoms with Crippen LogP contribution in [0.3, 0.4) is 0 Å². The van der Waals surface area contributed by atoms with E-state index in [0.717, 1.165) is 18.3 Å². The van der Waals surface area contributed by atoms with Gasteiger partial charge >= 0.3 is 0 Å². The Labute approximate surface area is 122 Å². The van der Waals surface area contributed by atoms with Crippen LogP contribution in [0.5, 0.6) is 0 Å². The molecule has 0 aliphatic carbocycles. The Bertz CT molecular complexity index is 702. The molecule has 5 heteroatoms. The minimum Gasteiger partial charge on any atom is -0.317 e. The average Bonchev–Trinajstić information content (AvgIpc) is 3.02. The molecule has 4 rings (SSSR count). The smallest absolute Gasteiger partial charge is 0.169 e. The summed E-state index contributed by atoms with van der Waals surface area (Å²) in [4.78, 5) is 6.82. The summed E-state index contributed by atoms with van der Waals surface area (Å²) in [5.41, 5.74) is 2.54. The summed E-state index contributed by atoms with van der Waals surface area (Å²) in [6, 6.07) is 8.86. The molecule has 0 saturated carbocycles. The number of aliphatic imine (C=N–C) groups is 1. The third-order valence-electron chi connectivity index (χ3n) is 3.16. The molecule has 90 valence electrons. The van der Waals surface area contributed by atoms with Crippen LogP contribution in [0.15, 0.2) is 38.5 Å². The molecule has 1 aromatic carbocycles. The summed E-state index contributed by atoms with van der Waals surface area (Å²) in [5, 5.41) is 4.59. The van der Waals surface area contributed by atoms with Gasteiger partial charge in [0, 0.05) is 16.8 Å². The van der Waals surface area contributed by atoms with E-state index in [4.69, 9.17) is 0 Å². The predicted molar refractivity (Wildman–Crippen MR) is 84.3 cm³/mol. The Morgan fingerprint density at radius 1 is 1.28 bits per heavy atom. The third kappa shape index (κ3) is 1.57. The van der Waals surface area contributed by atoms with Crippen LogP contribution in [-0.4, -0.2) is 23.2 Å². The molecule has 0 N–H and O–H groups in total. The van der Waals surface area contributed by atoms with E-state index in [2.05, 4.69) is 55.5 Å². The lowest BCUT2D eigenvalue weighted by Crippen LogP contribution is -2.19. The van der Waals surface area contributed by atoms with E-state index < -0.39 is 0 Å². The van der Waals surface area contributed by atoms with Gasteiger partial charge in [-0.1, -0.05) is 6.07 Å². The van der Waals surface area contributed by atoms with Gasteiger partial charge in [-0.25, -0.2) is 0 Å². The average molecular weight is 337 g/mol. The zero-order valence-corrected chi connectivity index (χ0v) is 12.6. The molecule has 0 unspecified atom stereocenters. The van der Waals surface area contributed by atoms with Crippen molar-refractivity contribution in [2.75, 3.05) is 13.1 Å². The van der Waals surface area contributed by atoms with Crippen molar-refractivity contribution in [1.29, 1.82) is 0 Å². The largest absolute Gasteiger partial charge is 0.317 e. The van der Waals surface area contributed by atoms with Crippen LogP contribution in [0.1, 0.15) is 5.56 Å². The highest BCUT2D eigenvalue weighted by molar-refractivity contribution is 9.14. The van der Waals surface area contributed by atoms with Gasteiger partial charge in [0.1, 0.15) is 0 Å². The van der Waals surface area contributed by atoms with E-state index in [1.165, 1.54) is 25.2 Å². The van der Waals surface area contributed by atoms with Gasteiger partial charge in [0.25, 0.3) is 0 Å². The monoisotopic (exact) mass is 336 g/mol. The van der Waals surface area contributed by atoms with Crippen LogP contribution in [0.25, 0.3) is 15.8 Å². The number of thioether (sulfide) groups is 1. The number of thiophene rings is 1. The maximum Gasteiger partial charge on any atom is 0.169 e. The Balaban J connectivity index is 1.86. The van der Waals surface area contributed by atoms with Crippen molar-refractivity contribution in [3.05, 3.63) is 39.0 Å². The number of hydrogen-bond donors (Lipinski definition) is 0. The number of benzene rings is 1. The van der Waals surface area contributed by atoms with Crippen LogP contribution in [0.2, 0.25) is 0 Å². The third-order valence-corrected chi connectivity index (χ3v) is 5.83. The van der Waals surface area contributed by atoms with Gasteiger partial charge in [0.15, 0.2) is 5.17 Å². The van der Waals surface area contributed by atoms with Crippen molar-refractivity contribution in [2.24, 2.45) is 4.99 Å². The van der Waals surface area contributed by atoms with Gasteiger partial charge in [0.05, 0.1) is 16.1 Å². The quantitative estimate of drug-likeness (QED) is 0.769. The highest BCUT2D eigenvalue weighted by atomic mass is 79.9. The first kappa shape index (κ1) is 11.1. The topological polar surface area (TPSA) is 15.6 Å². The predicted octanol–water partition coefficient (Wildman–Crippen LogP) is 4.34. The molecular formula is C13H9BrN2S2. The molecule has 0 fully saturated rings. The summed E-state index contributed by atoms with van der Waals surface area (Å²) in [7, 11) is 0. The van der Waals surface area contributed by atoms with Crippen LogP contribution in [0, 0.1) is 0 Å². The van der Waals surface area contributed by atoms with Crippen LogP contribution in [-0.2, 0) is 0 Å². The molecular weight excluding hydrogens is 328 g/mol. The van der Waals surface area contributed by atoms with Gasteiger partial charge in [-0.15, -0.1) is 11.3 Å². The molecule has 2 aliphatic heterocycles. The van der Waals surface area contributed by atoms with Crippen molar-refractivity contribution in [3.63, 3.8) is 0 Å². The normalized spacial score (nSPS) is 18.7. The lowest BCUT2D eigenvalue weighted by Gasteiger charge is -2.16. The van der Waals surface area contributed by atoms with E-state index in [-0.39, 0.29) is 0 Å². The number of halogens is 1. The van der Waals surface area contributed by atoms with Crippen LogP contribution >= 0.6 is 39.0 Å². The summed E-state index contributed by atoms with van der Waals surface area (Å²) in [6.07, 6.45) is 0. The molecule has 2 aliphatic rings. The number of rotatable bonds is 1. The number of nitrogens with zero attached hydrogens (tertiary/aromatic N) is 2. The van der Waals surface area contributed by atoms with E-state index in [9.17, 15) is 0 Å². The van der Waals surface area contributed by atoms with Gasteiger partial charge in [-0.2, -0.15) is 0 Å². The molecule has 0 spiro atoms. The molecule has 3 heterocycles. The Morgan fingerprint density at radius 2 is 2.22 bits per heavy atom. The molecule has 18 heavy (non-hydrogen) atoms. The second-order valence-corrected chi connectivity index (χ2v) is 7.46. The number of fused-ring (bicyclic) bond motifs is 2. The van der Waals surface area contributed by atoms with Crippen molar-refractivity contribution >= 4 is 60.0 Å². The first-order valence-electron chi connectivity index (χ1n) is 5.70. The fourth-order valence-electron chi connectivity index (χ4n) is 2.34. The van der Waals surface area contributed by atoms with E-state index in [1.807, 2.05) is 0 Å². The second kappa shape index (κ2) is 4.11. The van der Waals surface area contributed by atoms with Crippen molar-refractivity contribution in [1.82, 2.24) is 4.90 Å². The zero-order valence-electron chi connectivity index (χ0n) is 9.39. The van der Waals surface area contributed by atoms with E-state index >= 15 is 0 Å². The minimum atomic E-state index is 0.910. The van der Waals surface area contributed by atoms with Gasteiger partial charge < -0.3 is 4.90 Å². The van der Waals surface area contributed by atoms with Crippen molar-refractivity contribution < 1.29 is 0 Å². The molecule has 2 aromatic rings. The van der Waals surface area contributed by atoms with Crippen molar-refractivity contribution in [3.8, 4) is 0 Å². The lowest BCUT2D eigenvalue weighted by molar-refractivity contribution is 0.649. The lowest BCUT2D eigenvalue weighted by atomic mass is 10.1. The summed E-state index contributed by atoms with van der Waals surface area (Å²) >= 11 is 7.18. The molecule has 0 atom stereocenters. The fourth-order valence-corrected chi connectivity index (χ4v) is 4.92. The minimum absolute atomic E-state index is 0.910. The van der Waals surface area contributed by atoms with Crippen molar-refractivity contribution in [2.45, 2.75) is 0 Å². The standard InChI is InChI=1S/C13H9BrN2S2/c14-12-11(16-5-4-15-13(16)18-12)9-1-2-10-8(7-9)3-6-17-10/h1-3,6-7H,4-5H2. The number of amidine groups is 1. The Kier molecular flexibility index (Phi) is 2.53. The molecule has 1 aromatic heterocycles. The summed E-state index contributed by atoms with van der Waals surface area (Å²) < 4.78 is 2.52. The van der Waals surface area contributed by atoms with E-state index in [1.54, 1.807) is 23.1 Å². The second-order valence-electron chi connectivity index (χ2n) is 4.21. The summed E-state index contributed by atoms with van der Waals surface area (Å²) in [5.74, 6) is 0. The van der Waals surface area contributed by atoms with E-state index in [0.29, 0.717) is 0 Å². The molecule has 0 radical (unpaired) electrons. The molecule has 0 saturated heterocycles. The van der Waals surface area contributed by atoms with Gasteiger partial charge in [-0.3, -0.25) is 4.99 Å². The Morgan fingerprint density at radius 3 is 3.17 bits per heavy atom. The first-order valence-corrected chi connectivity index (χ1v) is 8.19. The van der Waals surface area contributed by atoms with Gasteiger partial charge in [-0.05, 0) is 56.7 Å². The highest BCUT2D eigenvalue weighted by Crippen LogP contribution is 2.45. The molecule has 0 bridgehead atoms. The SMILES string of the molecule is BrC1=C(c2ccc3sccc3c2)N2CCN=C2S1. The number of hydrogen-bond acceptors (Lipinski definition) is 4. The maximum absolute atomic E-state index is 4.51. The Hall–Kier alpha value is -0.780. The van der Waals surface area contributed by atoms with Crippen LogP contribution < -0.4 is 0 Å². The zero-order chi connectivity index (χ0) is 12.1. The molecule has 0 amide bonds. The maximum atomic E-state index is 4.51. The fraction of sp³-hybridized carbons (Fsp3) is 0.154. The highest BCUT2D eigenvalue weighted by Gasteiger charge is 2.31.